The van der Waals surface area contributed by atoms with Crippen molar-refractivity contribution in [1.29, 1.82) is 0 Å². The number of nitrogens with zero attached hydrogens (tertiary/aromatic N) is 3. The molecule has 3 rings (SSSR count). The Morgan fingerprint density at radius 3 is 2.46 bits per heavy atom. The lowest BCUT2D eigenvalue weighted by molar-refractivity contribution is 0.433. The largest absolute Gasteiger partial charge is 0.260 e. The maximum Gasteiger partial charge on any atom is 0.260 e. The number of hydrogen-bond acceptors (Lipinski definition) is 3. The van der Waals surface area contributed by atoms with Crippen molar-refractivity contribution in [2.24, 2.45) is 7.05 Å². The predicted octanol–water partition coefficient (Wildman–Crippen LogP) is 2.82. The molecule has 2 heterocycles. The maximum absolute atomic E-state index is 12.9. The van der Waals surface area contributed by atoms with Gasteiger partial charge in [-0.3, -0.25) is 4.68 Å². The zero-order valence-electron chi connectivity index (χ0n) is 14.6. The molecule has 0 bridgehead atoms. The summed E-state index contributed by atoms with van der Waals surface area (Å²) in [6, 6.07) is 6.27. The lowest BCUT2D eigenvalue weighted by Gasteiger charge is -2.27. The first kappa shape index (κ1) is 16.9. The summed E-state index contributed by atoms with van der Waals surface area (Å²) in [6.45, 7) is 6.89. The van der Waals surface area contributed by atoms with Crippen LogP contribution in [-0.2, 0) is 17.1 Å². The molecule has 1 aromatic heterocycles. The van der Waals surface area contributed by atoms with Crippen LogP contribution in [0.4, 0.5) is 0 Å². The van der Waals surface area contributed by atoms with E-state index < -0.39 is 10.0 Å². The number of benzene rings is 1. The Labute approximate surface area is 143 Å². The summed E-state index contributed by atoms with van der Waals surface area (Å²) in [4.78, 5) is 0. The van der Waals surface area contributed by atoms with Gasteiger partial charge in [-0.1, -0.05) is 24.3 Å². The van der Waals surface area contributed by atoms with Gasteiger partial charge in [0.2, 0.25) is 0 Å². The Kier molecular flexibility index (Phi) is 4.36. The molecule has 0 fully saturated rings. The summed E-state index contributed by atoms with van der Waals surface area (Å²) in [5.74, 6) is 0. The second-order valence-electron chi connectivity index (χ2n) is 6.35. The van der Waals surface area contributed by atoms with Gasteiger partial charge in [0.05, 0.1) is 6.20 Å². The first-order chi connectivity index (χ1) is 11.3. The summed E-state index contributed by atoms with van der Waals surface area (Å²) in [5, 5.41) is 4.34. The van der Waals surface area contributed by atoms with Crippen LogP contribution in [0.3, 0.4) is 0 Å². The van der Waals surface area contributed by atoms with Crippen LogP contribution in [0.5, 0.6) is 0 Å². The average molecular weight is 345 g/mol. The molecule has 6 heteroatoms. The number of aromatic nitrogens is 2. The van der Waals surface area contributed by atoms with Crippen molar-refractivity contribution >= 4 is 15.6 Å². The topological polar surface area (TPSA) is 55.2 Å². The third-order valence-electron chi connectivity index (χ3n) is 4.76. The average Bonchev–Trinajstić information content (AvgIpc) is 2.89. The van der Waals surface area contributed by atoms with Crippen LogP contribution in [0.25, 0.3) is 5.57 Å². The van der Waals surface area contributed by atoms with Gasteiger partial charge in [0, 0.05) is 25.7 Å². The molecule has 1 aromatic carbocycles. The summed E-state index contributed by atoms with van der Waals surface area (Å²) in [5.41, 5.74) is 5.66. The molecule has 5 nitrogen and oxygen atoms in total. The van der Waals surface area contributed by atoms with E-state index in [0.29, 0.717) is 18.7 Å². The molecule has 0 radical (unpaired) electrons. The molecule has 2 aromatic rings. The Hall–Kier alpha value is -1.92. The summed E-state index contributed by atoms with van der Waals surface area (Å²) < 4.78 is 28.8. The van der Waals surface area contributed by atoms with Crippen molar-refractivity contribution in [2.75, 3.05) is 13.1 Å². The van der Waals surface area contributed by atoms with E-state index in [2.05, 4.69) is 37.1 Å². The Morgan fingerprint density at radius 1 is 1.12 bits per heavy atom. The minimum atomic E-state index is -3.51. The molecule has 0 atom stereocenters. The molecule has 0 spiro atoms. The van der Waals surface area contributed by atoms with Crippen LogP contribution < -0.4 is 0 Å². The summed E-state index contributed by atoms with van der Waals surface area (Å²) in [6.07, 6.45) is 4.35. The Morgan fingerprint density at radius 2 is 1.88 bits per heavy atom. The Balaban J connectivity index is 1.89. The second kappa shape index (κ2) is 6.18. The van der Waals surface area contributed by atoms with Gasteiger partial charge in [-0.25, -0.2) is 8.42 Å². The van der Waals surface area contributed by atoms with Crippen molar-refractivity contribution in [3.8, 4) is 0 Å². The lowest BCUT2D eigenvalue weighted by Crippen LogP contribution is -2.36. The first-order valence-electron chi connectivity index (χ1n) is 8.06. The number of aryl methyl sites for hydroxylation is 3. The molecule has 1 aliphatic heterocycles. The molecule has 1 aliphatic rings. The van der Waals surface area contributed by atoms with Crippen molar-refractivity contribution in [1.82, 2.24) is 14.1 Å². The predicted molar refractivity (Wildman–Crippen MR) is 95.2 cm³/mol. The fourth-order valence-electron chi connectivity index (χ4n) is 3.24. The number of rotatable bonds is 3. The molecule has 24 heavy (non-hydrogen) atoms. The summed E-state index contributed by atoms with van der Waals surface area (Å²) in [7, 11) is -1.85. The van der Waals surface area contributed by atoms with Crippen LogP contribution in [0, 0.1) is 20.8 Å². The molecular formula is C18H23N3O2S. The third-order valence-corrected chi connectivity index (χ3v) is 6.85. The van der Waals surface area contributed by atoms with Gasteiger partial charge in [-0.15, -0.1) is 0 Å². The molecule has 0 saturated heterocycles. The van der Waals surface area contributed by atoms with E-state index in [-0.39, 0.29) is 5.03 Å². The molecule has 0 amide bonds. The van der Waals surface area contributed by atoms with Crippen molar-refractivity contribution < 1.29 is 8.42 Å². The van der Waals surface area contributed by atoms with Crippen LogP contribution in [0.15, 0.2) is 35.5 Å². The highest BCUT2D eigenvalue weighted by molar-refractivity contribution is 7.89. The lowest BCUT2D eigenvalue weighted by atomic mass is 9.94. The fraction of sp³-hybridized carbons (Fsp3) is 0.389. The smallest absolute Gasteiger partial charge is 0.256 e. The molecule has 0 unspecified atom stereocenters. The van der Waals surface area contributed by atoms with E-state index in [1.807, 2.05) is 6.08 Å². The maximum atomic E-state index is 12.9. The van der Waals surface area contributed by atoms with Crippen molar-refractivity contribution in [3.63, 3.8) is 0 Å². The normalized spacial score (nSPS) is 16.2. The number of sulfonamides is 1. The van der Waals surface area contributed by atoms with Crippen LogP contribution in [0.2, 0.25) is 0 Å². The molecule has 0 N–H and O–H groups in total. The summed E-state index contributed by atoms with van der Waals surface area (Å²) >= 11 is 0. The highest BCUT2D eigenvalue weighted by Gasteiger charge is 2.30. The van der Waals surface area contributed by atoms with E-state index in [1.54, 1.807) is 20.2 Å². The molecule has 0 saturated carbocycles. The van der Waals surface area contributed by atoms with E-state index in [1.165, 1.54) is 31.3 Å². The van der Waals surface area contributed by atoms with Gasteiger partial charge in [-0.05, 0) is 49.5 Å². The van der Waals surface area contributed by atoms with Crippen molar-refractivity contribution in [2.45, 2.75) is 32.2 Å². The monoisotopic (exact) mass is 345 g/mol. The zero-order chi connectivity index (χ0) is 17.5. The van der Waals surface area contributed by atoms with Gasteiger partial charge in [0.15, 0.2) is 5.03 Å². The van der Waals surface area contributed by atoms with E-state index in [0.717, 1.165) is 6.42 Å². The van der Waals surface area contributed by atoms with Gasteiger partial charge >= 0.3 is 0 Å². The highest BCUT2D eigenvalue weighted by atomic mass is 32.2. The first-order valence-corrected chi connectivity index (χ1v) is 9.50. The SMILES string of the molecule is Cc1cccc(C2=CCN(S(=O)(=O)c3c(C)cnn3C)CC2)c1C. The van der Waals surface area contributed by atoms with Crippen LogP contribution >= 0.6 is 0 Å². The quantitative estimate of drug-likeness (QED) is 0.859. The van der Waals surface area contributed by atoms with Gasteiger partial charge in [-0.2, -0.15) is 9.40 Å². The van der Waals surface area contributed by atoms with E-state index >= 15 is 0 Å². The van der Waals surface area contributed by atoms with Crippen LogP contribution in [0.1, 0.15) is 28.7 Å². The number of hydrogen-bond donors (Lipinski definition) is 0. The molecule has 128 valence electrons. The highest BCUT2D eigenvalue weighted by Crippen LogP contribution is 2.29. The minimum Gasteiger partial charge on any atom is -0.256 e. The minimum absolute atomic E-state index is 0.283. The van der Waals surface area contributed by atoms with Gasteiger partial charge < -0.3 is 0 Å². The molecule has 0 aliphatic carbocycles. The zero-order valence-corrected chi connectivity index (χ0v) is 15.4. The van der Waals surface area contributed by atoms with E-state index in [9.17, 15) is 8.42 Å². The second-order valence-corrected chi connectivity index (χ2v) is 8.20. The fourth-order valence-corrected chi connectivity index (χ4v) is 4.93. The van der Waals surface area contributed by atoms with Gasteiger partial charge in [0.1, 0.15) is 0 Å². The van der Waals surface area contributed by atoms with Crippen molar-refractivity contribution in [3.05, 3.63) is 52.7 Å². The molecular weight excluding hydrogens is 322 g/mol. The van der Waals surface area contributed by atoms with Gasteiger partial charge in [0.25, 0.3) is 10.0 Å². The standard InChI is InChI=1S/C18H23N3O2S/c1-13-6-5-7-17(15(13)3)16-8-10-21(11-9-16)24(22,23)18-14(2)12-19-20(18)4/h5-8,12H,9-11H2,1-4H3. The van der Waals surface area contributed by atoms with Crippen LogP contribution in [-0.4, -0.2) is 35.6 Å². The Bertz CT molecular complexity index is 891. The van der Waals surface area contributed by atoms with E-state index in [4.69, 9.17) is 0 Å². The third kappa shape index (κ3) is 2.80.